The van der Waals surface area contributed by atoms with Gasteiger partial charge in [0.15, 0.2) is 11.2 Å². The van der Waals surface area contributed by atoms with Crippen molar-refractivity contribution >= 4 is 28.5 Å². The van der Waals surface area contributed by atoms with Gasteiger partial charge in [-0.2, -0.15) is 4.98 Å². The van der Waals surface area contributed by atoms with Gasteiger partial charge in [0.1, 0.15) is 5.82 Å². The standard InChI is InChI=1S/C22H17ClFN5O2/c1-26-19-18(20(30)27(2)22(26)31)29-12-17(14-5-9-16(24)10-6-14)28(21(29)25-19)11-13-3-7-15(23)8-4-13/h3-10,12H,11H2,1-2H3. The number of hydrogen-bond donors (Lipinski definition) is 0. The van der Waals surface area contributed by atoms with E-state index < -0.39 is 11.2 Å². The van der Waals surface area contributed by atoms with Crippen LogP contribution < -0.4 is 11.2 Å². The summed E-state index contributed by atoms with van der Waals surface area (Å²) in [4.78, 5) is 29.9. The Balaban J connectivity index is 1.84. The maximum atomic E-state index is 13.5. The number of imidazole rings is 2. The zero-order valence-electron chi connectivity index (χ0n) is 16.7. The fourth-order valence-electron chi connectivity index (χ4n) is 3.79. The van der Waals surface area contributed by atoms with Crippen LogP contribution in [0.2, 0.25) is 5.02 Å². The van der Waals surface area contributed by atoms with Crippen LogP contribution in [0.4, 0.5) is 4.39 Å². The second-order valence-electron chi connectivity index (χ2n) is 7.39. The predicted octanol–water partition coefficient (Wildman–Crippen LogP) is 3.19. The molecule has 0 amide bonds. The van der Waals surface area contributed by atoms with Gasteiger partial charge in [0.05, 0.1) is 12.2 Å². The first-order valence-corrected chi connectivity index (χ1v) is 9.90. The van der Waals surface area contributed by atoms with E-state index in [1.165, 1.54) is 23.7 Å². The fraction of sp³-hybridized carbons (Fsp3) is 0.136. The van der Waals surface area contributed by atoms with Gasteiger partial charge in [-0.05, 0) is 47.5 Å². The Morgan fingerprint density at radius 2 is 1.65 bits per heavy atom. The quantitative estimate of drug-likeness (QED) is 0.435. The summed E-state index contributed by atoms with van der Waals surface area (Å²) in [5, 5.41) is 0.630. The van der Waals surface area contributed by atoms with Crippen LogP contribution >= 0.6 is 11.6 Å². The van der Waals surface area contributed by atoms with Crippen molar-refractivity contribution in [2.45, 2.75) is 6.54 Å². The molecule has 0 saturated carbocycles. The average Bonchev–Trinajstić information content (AvgIpc) is 3.30. The van der Waals surface area contributed by atoms with Crippen LogP contribution in [0.25, 0.3) is 28.2 Å². The molecule has 0 atom stereocenters. The zero-order valence-corrected chi connectivity index (χ0v) is 17.5. The third kappa shape index (κ3) is 2.98. The van der Waals surface area contributed by atoms with Crippen molar-refractivity contribution in [3.63, 3.8) is 0 Å². The van der Waals surface area contributed by atoms with Gasteiger partial charge in [0, 0.05) is 25.3 Å². The lowest BCUT2D eigenvalue weighted by Gasteiger charge is -2.09. The Kier molecular flexibility index (Phi) is 4.33. The Morgan fingerprint density at radius 1 is 0.968 bits per heavy atom. The minimum absolute atomic E-state index is 0.304. The van der Waals surface area contributed by atoms with Crippen molar-refractivity contribution in [3.8, 4) is 11.3 Å². The molecule has 31 heavy (non-hydrogen) atoms. The normalized spacial score (nSPS) is 11.6. The lowest BCUT2D eigenvalue weighted by molar-refractivity contribution is 0.628. The molecule has 0 N–H and O–H groups in total. The van der Waals surface area contributed by atoms with Crippen LogP contribution in [0.3, 0.4) is 0 Å². The van der Waals surface area contributed by atoms with E-state index in [2.05, 4.69) is 4.98 Å². The lowest BCUT2D eigenvalue weighted by atomic mass is 10.1. The van der Waals surface area contributed by atoms with Crippen LogP contribution in [0.5, 0.6) is 0 Å². The van der Waals surface area contributed by atoms with E-state index >= 15 is 0 Å². The number of aryl methyl sites for hydroxylation is 1. The summed E-state index contributed by atoms with van der Waals surface area (Å²) in [6.07, 6.45) is 1.79. The first-order chi connectivity index (χ1) is 14.8. The van der Waals surface area contributed by atoms with Crippen molar-refractivity contribution in [2.24, 2.45) is 14.1 Å². The molecule has 0 spiro atoms. The highest BCUT2D eigenvalue weighted by Crippen LogP contribution is 2.27. The molecule has 5 rings (SSSR count). The molecule has 3 aromatic heterocycles. The fourth-order valence-corrected chi connectivity index (χ4v) is 3.92. The highest BCUT2D eigenvalue weighted by Gasteiger charge is 2.21. The topological polar surface area (TPSA) is 66.2 Å². The molecule has 0 bridgehead atoms. The molecule has 0 aliphatic rings. The van der Waals surface area contributed by atoms with Crippen LogP contribution in [-0.2, 0) is 20.6 Å². The van der Waals surface area contributed by atoms with Gasteiger partial charge in [-0.1, -0.05) is 23.7 Å². The van der Waals surface area contributed by atoms with Crippen molar-refractivity contribution in [1.29, 1.82) is 0 Å². The number of rotatable bonds is 3. The molecule has 0 unspecified atom stereocenters. The van der Waals surface area contributed by atoms with Crippen molar-refractivity contribution in [1.82, 2.24) is 23.1 Å². The molecule has 2 aromatic carbocycles. The highest BCUT2D eigenvalue weighted by molar-refractivity contribution is 6.30. The molecule has 0 fully saturated rings. The minimum atomic E-state index is -0.443. The summed E-state index contributed by atoms with van der Waals surface area (Å²) in [7, 11) is 3.02. The van der Waals surface area contributed by atoms with Gasteiger partial charge < -0.3 is 4.57 Å². The molecule has 0 saturated heterocycles. The Hall–Kier alpha value is -3.65. The van der Waals surface area contributed by atoms with Crippen molar-refractivity contribution in [2.75, 3.05) is 0 Å². The monoisotopic (exact) mass is 437 g/mol. The first-order valence-electron chi connectivity index (χ1n) is 9.53. The molecule has 7 nitrogen and oxygen atoms in total. The maximum Gasteiger partial charge on any atom is 0.332 e. The summed E-state index contributed by atoms with van der Waals surface area (Å²) >= 11 is 6.02. The van der Waals surface area contributed by atoms with E-state index in [0.717, 1.165) is 21.4 Å². The van der Waals surface area contributed by atoms with E-state index in [0.29, 0.717) is 28.5 Å². The minimum Gasteiger partial charge on any atom is -0.305 e. The first kappa shape index (κ1) is 19.3. The highest BCUT2D eigenvalue weighted by atomic mass is 35.5. The molecule has 0 aliphatic heterocycles. The Labute approximate surface area is 180 Å². The van der Waals surface area contributed by atoms with Gasteiger partial charge in [-0.25, -0.2) is 9.18 Å². The van der Waals surface area contributed by atoms with E-state index in [1.807, 2.05) is 16.7 Å². The molecule has 0 radical (unpaired) electrons. The summed E-state index contributed by atoms with van der Waals surface area (Å²) in [6.45, 7) is 0.442. The molecule has 0 aliphatic carbocycles. The van der Waals surface area contributed by atoms with Crippen LogP contribution in [0, 0.1) is 5.82 Å². The smallest absolute Gasteiger partial charge is 0.305 e. The Morgan fingerprint density at radius 3 is 2.32 bits per heavy atom. The van der Waals surface area contributed by atoms with Crippen LogP contribution in [0.15, 0.2) is 64.3 Å². The average molecular weight is 438 g/mol. The number of halogens is 2. The van der Waals surface area contributed by atoms with Gasteiger partial charge >= 0.3 is 5.69 Å². The van der Waals surface area contributed by atoms with E-state index in [4.69, 9.17) is 11.6 Å². The number of hydrogen-bond acceptors (Lipinski definition) is 3. The number of aromatic nitrogens is 5. The maximum absolute atomic E-state index is 13.5. The molecular formula is C22H17ClFN5O2. The van der Waals surface area contributed by atoms with Crippen molar-refractivity contribution in [3.05, 3.63) is 92.0 Å². The van der Waals surface area contributed by atoms with Gasteiger partial charge in [-0.3, -0.25) is 18.3 Å². The van der Waals surface area contributed by atoms with E-state index in [-0.39, 0.29) is 5.82 Å². The predicted molar refractivity (Wildman–Crippen MR) is 117 cm³/mol. The molecule has 3 heterocycles. The Bertz CT molecular complexity index is 1570. The SMILES string of the molecule is Cn1c(=O)c2c(nc3n(Cc4ccc(Cl)cc4)c(-c4ccc(F)cc4)cn23)n(C)c1=O. The van der Waals surface area contributed by atoms with Gasteiger partial charge in [0.2, 0.25) is 5.78 Å². The third-order valence-electron chi connectivity index (χ3n) is 5.45. The lowest BCUT2D eigenvalue weighted by Crippen LogP contribution is -2.37. The second-order valence-corrected chi connectivity index (χ2v) is 7.83. The summed E-state index contributed by atoms with van der Waals surface area (Å²) < 4.78 is 19.5. The van der Waals surface area contributed by atoms with E-state index in [9.17, 15) is 14.0 Å². The molecule has 9 heteroatoms. The summed E-state index contributed by atoms with van der Waals surface area (Å²) in [5.74, 6) is 0.168. The van der Waals surface area contributed by atoms with Gasteiger partial charge in [-0.15, -0.1) is 0 Å². The van der Waals surface area contributed by atoms with Gasteiger partial charge in [0.25, 0.3) is 5.56 Å². The number of benzene rings is 2. The second kappa shape index (κ2) is 6.95. The van der Waals surface area contributed by atoms with Crippen molar-refractivity contribution < 1.29 is 4.39 Å². The third-order valence-corrected chi connectivity index (χ3v) is 5.70. The van der Waals surface area contributed by atoms with E-state index in [1.54, 1.807) is 41.9 Å². The van der Waals surface area contributed by atoms with Crippen LogP contribution in [-0.4, -0.2) is 23.1 Å². The largest absolute Gasteiger partial charge is 0.332 e. The van der Waals surface area contributed by atoms with Crippen LogP contribution in [0.1, 0.15) is 5.56 Å². The number of fused-ring (bicyclic) bond motifs is 3. The summed E-state index contributed by atoms with van der Waals surface area (Å²) in [5.41, 5.74) is 2.24. The zero-order chi connectivity index (χ0) is 21.9. The summed E-state index contributed by atoms with van der Waals surface area (Å²) in [6, 6.07) is 13.6. The number of nitrogens with zero attached hydrogens (tertiary/aromatic N) is 5. The molecule has 5 aromatic rings. The molecular weight excluding hydrogens is 421 g/mol. The molecule has 156 valence electrons.